The molecule has 0 saturated carbocycles. The molecule has 2 rings (SSSR count). The van der Waals surface area contributed by atoms with Gasteiger partial charge in [0.25, 0.3) is 5.91 Å². The number of para-hydroxylation sites is 1. The van der Waals surface area contributed by atoms with E-state index in [2.05, 4.69) is 36.3 Å². The number of pyridine rings is 1. The molecule has 0 bridgehead atoms. The van der Waals surface area contributed by atoms with Crippen molar-refractivity contribution in [1.29, 1.82) is 0 Å². The lowest BCUT2D eigenvalue weighted by molar-refractivity contribution is 0.102. The number of anilines is 1. The van der Waals surface area contributed by atoms with Crippen molar-refractivity contribution in [3.05, 3.63) is 52.3 Å². The molecule has 1 aromatic heterocycles. The highest BCUT2D eigenvalue weighted by molar-refractivity contribution is 6.07. The van der Waals surface area contributed by atoms with E-state index < -0.39 is 0 Å². The lowest BCUT2D eigenvalue weighted by atomic mass is 10.0. The van der Waals surface area contributed by atoms with E-state index in [4.69, 9.17) is 4.74 Å². The summed E-state index contributed by atoms with van der Waals surface area (Å²) in [5.41, 5.74) is 5.21. The van der Waals surface area contributed by atoms with Crippen LogP contribution >= 0.6 is 0 Å². The Kier molecular flexibility index (Phi) is 6.18. The van der Waals surface area contributed by atoms with Crippen LogP contribution < -0.4 is 10.1 Å². The maximum Gasteiger partial charge on any atom is 0.261 e. The number of aryl methyl sites for hydroxylation is 4. The van der Waals surface area contributed by atoms with Gasteiger partial charge in [-0.05, 0) is 51.7 Å². The minimum absolute atomic E-state index is 0.0121. The van der Waals surface area contributed by atoms with E-state index in [-0.39, 0.29) is 12.0 Å². The van der Waals surface area contributed by atoms with Crippen molar-refractivity contribution >= 4 is 11.6 Å². The Hall–Kier alpha value is -2.36. The fourth-order valence-electron chi connectivity index (χ4n) is 3.00. The smallest absolute Gasteiger partial charge is 0.261 e. The Balaban J connectivity index is 2.46. The molecule has 25 heavy (non-hydrogen) atoms. The zero-order valence-electron chi connectivity index (χ0n) is 16.1. The minimum atomic E-state index is -0.170. The number of ether oxygens (including phenoxy) is 1. The summed E-state index contributed by atoms with van der Waals surface area (Å²) < 4.78 is 5.88. The number of carbonyl (C=O) groups is 1. The van der Waals surface area contributed by atoms with Gasteiger partial charge < -0.3 is 10.1 Å². The first-order valence-corrected chi connectivity index (χ1v) is 8.94. The predicted molar refractivity (Wildman–Crippen MR) is 103 cm³/mol. The van der Waals surface area contributed by atoms with Gasteiger partial charge in [-0.3, -0.25) is 9.78 Å². The highest BCUT2D eigenvalue weighted by atomic mass is 16.5. The molecule has 1 aromatic carbocycles. The Bertz CT molecular complexity index is 744. The summed E-state index contributed by atoms with van der Waals surface area (Å²) in [4.78, 5) is 17.5. The van der Waals surface area contributed by atoms with E-state index in [9.17, 15) is 4.79 Å². The molecular weight excluding hydrogens is 312 g/mol. The van der Waals surface area contributed by atoms with Crippen LogP contribution in [-0.4, -0.2) is 17.0 Å². The van der Waals surface area contributed by atoms with Crippen molar-refractivity contribution in [3.8, 4) is 5.75 Å². The lowest BCUT2D eigenvalue weighted by Gasteiger charge is -2.18. The second kappa shape index (κ2) is 8.15. The van der Waals surface area contributed by atoms with E-state index in [1.165, 1.54) is 0 Å². The van der Waals surface area contributed by atoms with Crippen LogP contribution in [0.5, 0.6) is 5.75 Å². The van der Waals surface area contributed by atoms with Crippen molar-refractivity contribution in [2.24, 2.45) is 0 Å². The standard InChI is InChI=1S/C21H28N2O2/c1-7-16-10-9-11-17(8-2)20(16)23-21(24)19-15(6)22-14(5)12-18(19)25-13(3)4/h9-13H,7-8H2,1-6H3,(H,23,24). The van der Waals surface area contributed by atoms with Gasteiger partial charge in [-0.25, -0.2) is 0 Å². The Morgan fingerprint density at radius 1 is 1.16 bits per heavy atom. The molecule has 1 N–H and O–H groups in total. The number of hydrogen-bond acceptors (Lipinski definition) is 3. The maximum absolute atomic E-state index is 13.1. The molecule has 4 heteroatoms. The Labute approximate surface area is 150 Å². The molecule has 0 atom stereocenters. The molecule has 0 unspecified atom stereocenters. The highest BCUT2D eigenvalue weighted by Gasteiger charge is 2.20. The van der Waals surface area contributed by atoms with Crippen LogP contribution in [0.1, 0.15) is 60.6 Å². The molecule has 1 amide bonds. The zero-order valence-corrected chi connectivity index (χ0v) is 16.1. The van der Waals surface area contributed by atoms with Crippen LogP contribution in [0.3, 0.4) is 0 Å². The molecule has 134 valence electrons. The van der Waals surface area contributed by atoms with Crippen molar-refractivity contribution in [2.75, 3.05) is 5.32 Å². The van der Waals surface area contributed by atoms with Crippen LogP contribution in [0.25, 0.3) is 0 Å². The molecule has 0 aliphatic carbocycles. The fraction of sp³-hybridized carbons (Fsp3) is 0.429. The summed E-state index contributed by atoms with van der Waals surface area (Å²) in [5.74, 6) is 0.417. The molecule has 0 spiro atoms. The maximum atomic E-state index is 13.1. The van der Waals surface area contributed by atoms with Crippen LogP contribution in [0, 0.1) is 13.8 Å². The van der Waals surface area contributed by atoms with Crippen LogP contribution in [0.4, 0.5) is 5.69 Å². The molecule has 0 saturated heterocycles. The number of amides is 1. The van der Waals surface area contributed by atoms with Crippen LogP contribution in [0.2, 0.25) is 0 Å². The summed E-state index contributed by atoms with van der Waals surface area (Å²) >= 11 is 0. The van der Waals surface area contributed by atoms with Gasteiger partial charge in [0, 0.05) is 17.4 Å². The zero-order chi connectivity index (χ0) is 18.6. The van der Waals surface area contributed by atoms with E-state index >= 15 is 0 Å². The van der Waals surface area contributed by atoms with Gasteiger partial charge in [0.05, 0.1) is 11.8 Å². The number of nitrogens with zero attached hydrogens (tertiary/aromatic N) is 1. The molecule has 4 nitrogen and oxygen atoms in total. The van der Waals surface area contributed by atoms with Gasteiger partial charge in [-0.2, -0.15) is 0 Å². The van der Waals surface area contributed by atoms with Gasteiger partial charge in [-0.15, -0.1) is 0 Å². The summed E-state index contributed by atoms with van der Waals surface area (Å²) in [5, 5.41) is 3.11. The van der Waals surface area contributed by atoms with Crippen LogP contribution in [0.15, 0.2) is 24.3 Å². The third kappa shape index (κ3) is 4.38. The molecule has 2 aromatic rings. The van der Waals surface area contributed by atoms with E-state index in [1.807, 2.05) is 39.8 Å². The van der Waals surface area contributed by atoms with Gasteiger partial charge in [0.2, 0.25) is 0 Å². The number of aromatic nitrogens is 1. The van der Waals surface area contributed by atoms with Gasteiger partial charge in [0.1, 0.15) is 11.3 Å². The fourth-order valence-corrected chi connectivity index (χ4v) is 3.00. The van der Waals surface area contributed by atoms with Gasteiger partial charge in [0.15, 0.2) is 0 Å². The first kappa shape index (κ1) is 19.0. The number of rotatable bonds is 6. The predicted octanol–water partition coefficient (Wildman–Crippen LogP) is 4.86. The molecule has 0 radical (unpaired) electrons. The summed E-state index contributed by atoms with van der Waals surface area (Å²) in [6, 6.07) is 7.98. The van der Waals surface area contributed by atoms with Crippen molar-refractivity contribution < 1.29 is 9.53 Å². The Morgan fingerprint density at radius 3 is 2.28 bits per heavy atom. The van der Waals surface area contributed by atoms with Crippen molar-refractivity contribution in [3.63, 3.8) is 0 Å². The highest BCUT2D eigenvalue weighted by Crippen LogP contribution is 2.27. The second-order valence-electron chi connectivity index (χ2n) is 6.50. The third-order valence-corrected chi connectivity index (χ3v) is 4.12. The molecule has 1 heterocycles. The summed E-state index contributed by atoms with van der Waals surface area (Å²) in [6.45, 7) is 11.8. The van der Waals surface area contributed by atoms with Crippen LogP contribution in [-0.2, 0) is 12.8 Å². The lowest BCUT2D eigenvalue weighted by Crippen LogP contribution is -2.19. The Morgan fingerprint density at radius 2 is 1.76 bits per heavy atom. The van der Waals surface area contributed by atoms with Crippen molar-refractivity contribution in [1.82, 2.24) is 4.98 Å². The van der Waals surface area contributed by atoms with Gasteiger partial charge in [-0.1, -0.05) is 32.0 Å². The summed E-state index contributed by atoms with van der Waals surface area (Å²) in [7, 11) is 0. The van der Waals surface area contributed by atoms with Gasteiger partial charge >= 0.3 is 0 Å². The number of benzene rings is 1. The second-order valence-corrected chi connectivity index (χ2v) is 6.50. The number of nitrogens with one attached hydrogen (secondary N) is 1. The van der Waals surface area contributed by atoms with E-state index in [0.717, 1.165) is 35.3 Å². The minimum Gasteiger partial charge on any atom is -0.490 e. The number of carbonyl (C=O) groups excluding carboxylic acids is 1. The molecular formula is C21H28N2O2. The third-order valence-electron chi connectivity index (χ3n) is 4.12. The topological polar surface area (TPSA) is 51.2 Å². The van der Waals surface area contributed by atoms with E-state index in [0.29, 0.717) is 17.0 Å². The van der Waals surface area contributed by atoms with Crippen molar-refractivity contribution in [2.45, 2.75) is 60.5 Å². The first-order valence-electron chi connectivity index (χ1n) is 8.94. The normalized spacial score (nSPS) is 10.8. The molecule has 0 aliphatic heterocycles. The molecule has 0 fully saturated rings. The largest absolute Gasteiger partial charge is 0.490 e. The monoisotopic (exact) mass is 340 g/mol. The molecule has 0 aliphatic rings. The summed E-state index contributed by atoms with van der Waals surface area (Å²) in [6.07, 6.45) is 1.72. The first-order chi connectivity index (χ1) is 11.9. The SMILES string of the molecule is CCc1cccc(CC)c1NC(=O)c1c(OC(C)C)cc(C)nc1C. The average Bonchev–Trinajstić information content (AvgIpc) is 2.53. The number of hydrogen-bond donors (Lipinski definition) is 1. The quantitative estimate of drug-likeness (QED) is 0.817. The average molecular weight is 340 g/mol. The van der Waals surface area contributed by atoms with E-state index in [1.54, 1.807) is 0 Å².